The SMILES string of the molecule is c1ccc(CO[C@H]2[C@H](OCc3ccccc3)Cc3cnnn3C[C@H]2OCc2ccccc2)cc1. The number of nitrogens with zero attached hydrogens (tertiary/aromatic N) is 3. The average molecular weight is 456 g/mol. The van der Waals surface area contributed by atoms with Crippen LogP contribution >= 0.6 is 0 Å². The molecule has 34 heavy (non-hydrogen) atoms. The van der Waals surface area contributed by atoms with Gasteiger partial charge in [0.2, 0.25) is 0 Å². The van der Waals surface area contributed by atoms with Gasteiger partial charge in [-0.15, -0.1) is 5.10 Å². The molecule has 0 amide bonds. The van der Waals surface area contributed by atoms with Crippen LogP contribution in [0.3, 0.4) is 0 Å². The van der Waals surface area contributed by atoms with Gasteiger partial charge in [0.25, 0.3) is 0 Å². The summed E-state index contributed by atoms with van der Waals surface area (Å²) in [5, 5.41) is 8.43. The first-order valence-electron chi connectivity index (χ1n) is 11.7. The Hall–Kier alpha value is -3.32. The zero-order valence-corrected chi connectivity index (χ0v) is 19.1. The number of hydrogen-bond donors (Lipinski definition) is 0. The number of aromatic nitrogens is 3. The summed E-state index contributed by atoms with van der Waals surface area (Å²) >= 11 is 0. The molecule has 0 aliphatic carbocycles. The van der Waals surface area contributed by atoms with Crippen molar-refractivity contribution in [1.29, 1.82) is 0 Å². The molecule has 1 aliphatic heterocycles. The Labute approximate surface area is 200 Å². The van der Waals surface area contributed by atoms with E-state index in [1.54, 1.807) is 0 Å². The second kappa shape index (κ2) is 11.2. The Balaban J connectivity index is 1.38. The second-order valence-corrected chi connectivity index (χ2v) is 8.54. The molecule has 0 spiro atoms. The number of benzene rings is 3. The lowest BCUT2D eigenvalue weighted by molar-refractivity contribution is -0.151. The van der Waals surface area contributed by atoms with Crippen LogP contribution in [0.4, 0.5) is 0 Å². The second-order valence-electron chi connectivity index (χ2n) is 8.54. The van der Waals surface area contributed by atoms with Gasteiger partial charge in [-0.25, -0.2) is 4.68 Å². The van der Waals surface area contributed by atoms with E-state index in [4.69, 9.17) is 14.2 Å². The first kappa shape index (κ1) is 22.5. The van der Waals surface area contributed by atoms with Crippen LogP contribution in [0.5, 0.6) is 0 Å². The lowest BCUT2D eigenvalue weighted by Crippen LogP contribution is -2.43. The highest BCUT2D eigenvalue weighted by Gasteiger charge is 2.37. The fourth-order valence-corrected chi connectivity index (χ4v) is 4.26. The maximum absolute atomic E-state index is 6.54. The highest BCUT2D eigenvalue weighted by atomic mass is 16.6. The largest absolute Gasteiger partial charge is 0.370 e. The predicted molar refractivity (Wildman–Crippen MR) is 129 cm³/mol. The van der Waals surface area contributed by atoms with Gasteiger partial charge in [-0.3, -0.25) is 0 Å². The zero-order valence-electron chi connectivity index (χ0n) is 19.1. The zero-order chi connectivity index (χ0) is 23.0. The van der Waals surface area contributed by atoms with Crippen LogP contribution in [0.25, 0.3) is 0 Å². The fourth-order valence-electron chi connectivity index (χ4n) is 4.26. The normalized spacial score (nSPS) is 19.9. The molecule has 1 aliphatic rings. The summed E-state index contributed by atoms with van der Waals surface area (Å²) in [6, 6.07) is 30.6. The van der Waals surface area contributed by atoms with E-state index >= 15 is 0 Å². The Kier molecular flexibility index (Phi) is 7.40. The minimum absolute atomic E-state index is 0.204. The number of fused-ring (bicyclic) bond motifs is 1. The van der Waals surface area contributed by atoms with Crippen LogP contribution in [-0.2, 0) is 47.0 Å². The van der Waals surface area contributed by atoms with Crippen molar-refractivity contribution >= 4 is 0 Å². The molecule has 0 bridgehead atoms. The first-order valence-corrected chi connectivity index (χ1v) is 11.7. The van der Waals surface area contributed by atoms with Crippen molar-refractivity contribution in [1.82, 2.24) is 15.0 Å². The fraction of sp³-hybridized carbons (Fsp3) is 0.286. The molecular formula is C28H29N3O3. The summed E-state index contributed by atoms with van der Waals surface area (Å²) in [5.41, 5.74) is 4.39. The van der Waals surface area contributed by atoms with Gasteiger partial charge in [0, 0.05) is 6.42 Å². The maximum Gasteiger partial charge on any atom is 0.112 e. The van der Waals surface area contributed by atoms with Gasteiger partial charge in [-0.05, 0) is 16.7 Å². The molecule has 6 heteroatoms. The molecule has 0 saturated heterocycles. The van der Waals surface area contributed by atoms with Crippen molar-refractivity contribution in [2.45, 2.75) is 51.1 Å². The minimum Gasteiger partial charge on any atom is -0.370 e. The average Bonchev–Trinajstić information content (AvgIpc) is 3.28. The van der Waals surface area contributed by atoms with Crippen molar-refractivity contribution in [2.75, 3.05) is 0 Å². The minimum atomic E-state index is -0.269. The van der Waals surface area contributed by atoms with E-state index in [1.807, 2.05) is 65.5 Å². The third kappa shape index (κ3) is 5.78. The quantitative estimate of drug-likeness (QED) is 0.369. The van der Waals surface area contributed by atoms with Gasteiger partial charge < -0.3 is 14.2 Å². The van der Waals surface area contributed by atoms with Crippen molar-refractivity contribution in [3.05, 3.63) is 120 Å². The van der Waals surface area contributed by atoms with Crippen LogP contribution in [-0.4, -0.2) is 33.3 Å². The van der Waals surface area contributed by atoms with E-state index in [2.05, 4.69) is 46.7 Å². The molecule has 5 rings (SSSR count). The molecule has 3 aromatic carbocycles. The number of rotatable bonds is 9. The van der Waals surface area contributed by atoms with Gasteiger partial charge >= 0.3 is 0 Å². The number of ether oxygens (including phenoxy) is 3. The lowest BCUT2D eigenvalue weighted by Gasteiger charge is -2.31. The Morgan fingerprint density at radius 1 is 0.647 bits per heavy atom. The summed E-state index contributed by atoms with van der Waals surface area (Å²) < 4.78 is 21.4. The maximum atomic E-state index is 6.54. The van der Waals surface area contributed by atoms with E-state index < -0.39 is 0 Å². The highest BCUT2D eigenvalue weighted by Crippen LogP contribution is 2.25. The van der Waals surface area contributed by atoms with Gasteiger partial charge in [-0.2, -0.15) is 0 Å². The molecule has 0 fully saturated rings. The molecule has 1 aromatic heterocycles. The highest BCUT2D eigenvalue weighted by molar-refractivity contribution is 5.16. The van der Waals surface area contributed by atoms with Crippen molar-refractivity contribution in [2.24, 2.45) is 0 Å². The lowest BCUT2D eigenvalue weighted by atomic mass is 10.0. The van der Waals surface area contributed by atoms with Crippen molar-refractivity contribution in [3.63, 3.8) is 0 Å². The van der Waals surface area contributed by atoms with Gasteiger partial charge in [-0.1, -0.05) is 96.2 Å². The molecule has 6 nitrogen and oxygen atoms in total. The third-order valence-electron chi connectivity index (χ3n) is 6.09. The molecule has 4 aromatic rings. The molecule has 0 N–H and O–H groups in total. The molecule has 0 saturated carbocycles. The van der Waals surface area contributed by atoms with Crippen LogP contribution in [0.1, 0.15) is 22.4 Å². The van der Waals surface area contributed by atoms with E-state index in [-0.39, 0.29) is 18.3 Å². The topological polar surface area (TPSA) is 58.4 Å². The Morgan fingerprint density at radius 2 is 1.15 bits per heavy atom. The molecule has 0 unspecified atom stereocenters. The van der Waals surface area contributed by atoms with E-state index in [0.29, 0.717) is 32.8 Å². The smallest absolute Gasteiger partial charge is 0.112 e. The monoisotopic (exact) mass is 455 g/mol. The van der Waals surface area contributed by atoms with Crippen LogP contribution in [0.15, 0.2) is 97.2 Å². The standard InChI is InChI=1S/C28H29N3O3/c1-4-10-22(11-5-1)19-32-26-16-25-17-29-30-31(25)18-27(33-20-23-12-6-2-7-13-23)28(26)34-21-24-14-8-3-9-15-24/h1-15,17,26-28H,16,18-21H2/t26-,27-,28+/m1/s1. The predicted octanol–water partition coefficient (Wildman–Crippen LogP) is 4.59. The van der Waals surface area contributed by atoms with E-state index in [1.165, 1.54) is 0 Å². The van der Waals surface area contributed by atoms with E-state index in [9.17, 15) is 0 Å². The van der Waals surface area contributed by atoms with Crippen LogP contribution < -0.4 is 0 Å². The molecule has 2 heterocycles. The summed E-state index contributed by atoms with van der Waals surface area (Å²) in [7, 11) is 0. The molecule has 3 atom stereocenters. The molecular weight excluding hydrogens is 426 g/mol. The van der Waals surface area contributed by atoms with E-state index in [0.717, 1.165) is 22.4 Å². The first-order chi connectivity index (χ1) is 16.8. The van der Waals surface area contributed by atoms with Gasteiger partial charge in [0.1, 0.15) is 12.2 Å². The summed E-state index contributed by atoms with van der Waals surface area (Å²) in [6.45, 7) is 2.05. The van der Waals surface area contributed by atoms with Crippen LogP contribution in [0.2, 0.25) is 0 Å². The van der Waals surface area contributed by atoms with Crippen molar-refractivity contribution < 1.29 is 14.2 Å². The Bertz CT molecular complexity index is 1070. The summed E-state index contributed by atoms with van der Waals surface area (Å²) in [6.07, 6.45) is 1.75. The summed E-state index contributed by atoms with van der Waals surface area (Å²) in [5.74, 6) is 0. The van der Waals surface area contributed by atoms with Crippen molar-refractivity contribution in [3.8, 4) is 0 Å². The Morgan fingerprint density at radius 3 is 1.71 bits per heavy atom. The summed E-state index contributed by atoms with van der Waals surface area (Å²) in [4.78, 5) is 0. The van der Waals surface area contributed by atoms with Gasteiger partial charge in [0.15, 0.2) is 0 Å². The van der Waals surface area contributed by atoms with Gasteiger partial charge in [0.05, 0.1) is 44.4 Å². The third-order valence-corrected chi connectivity index (χ3v) is 6.09. The molecule has 0 radical (unpaired) electrons. The van der Waals surface area contributed by atoms with Crippen LogP contribution in [0, 0.1) is 0 Å². The number of hydrogen-bond acceptors (Lipinski definition) is 5. The molecule has 174 valence electrons.